The van der Waals surface area contributed by atoms with Crippen LogP contribution in [0.5, 0.6) is 5.75 Å². The number of halogens is 1. The van der Waals surface area contributed by atoms with Crippen molar-refractivity contribution in [1.29, 1.82) is 0 Å². The maximum absolute atomic E-state index is 6.25. The minimum absolute atomic E-state index is 0.533. The number of para-hydroxylation sites is 1. The van der Waals surface area contributed by atoms with E-state index in [2.05, 4.69) is 29.7 Å². The molecule has 0 fully saturated rings. The van der Waals surface area contributed by atoms with Crippen LogP contribution in [0, 0.1) is 6.92 Å². The fourth-order valence-electron chi connectivity index (χ4n) is 2.42. The van der Waals surface area contributed by atoms with Crippen molar-refractivity contribution >= 4 is 22.5 Å². The van der Waals surface area contributed by atoms with Gasteiger partial charge in [0.1, 0.15) is 12.4 Å². The van der Waals surface area contributed by atoms with E-state index >= 15 is 0 Å². The van der Waals surface area contributed by atoms with E-state index in [0.717, 1.165) is 27.4 Å². The zero-order chi connectivity index (χ0) is 14.1. The third-order valence-corrected chi connectivity index (χ3v) is 3.79. The molecule has 0 N–H and O–H groups in total. The lowest BCUT2D eigenvalue weighted by Crippen LogP contribution is -2.02. The molecule has 0 aliphatic carbocycles. The Morgan fingerprint density at radius 3 is 2.65 bits per heavy atom. The van der Waals surface area contributed by atoms with E-state index < -0.39 is 0 Å². The number of benzene rings is 2. The lowest BCUT2D eigenvalue weighted by molar-refractivity contribution is 0.297. The molecule has 102 valence electrons. The average Bonchev–Trinajstić information content (AvgIpc) is 2.75. The van der Waals surface area contributed by atoms with Gasteiger partial charge in [-0.25, -0.2) is 0 Å². The first-order valence-electron chi connectivity index (χ1n) is 6.57. The van der Waals surface area contributed by atoms with Crippen LogP contribution < -0.4 is 4.74 Å². The second-order valence-corrected chi connectivity index (χ2v) is 5.38. The van der Waals surface area contributed by atoms with Crippen molar-refractivity contribution in [3.63, 3.8) is 0 Å². The highest BCUT2D eigenvalue weighted by atomic mass is 35.5. The highest BCUT2D eigenvalue weighted by Crippen LogP contribution is 2.26. The number of rotatable bonds is 3. The molecule has 20 heavy (non-hydrogen) atoms. The summed E-state index contributed by atoms with van der Waals surface area (Å²) >= 11 is 6.25. The zero-order valence-corrected chi connectivity index (χ0v) is 12.3. The SMILES string of the molecule is Cc1cccc(OCc2cc3cccc(Cl)c3n2C)c1. The second kappa shape index (κ2) is 5.22. The van der Waals surface area contributed by atoms with Crippen LogP contribution in [-0.2, 0) is 13.7 Å². The van der Waals surface area contributed by atoms with Crippen LogP contribution in [0.1, 0.15) is 11.3 Å². The molecule has 3 rings (SSSR count). The number of aryl methyl sites for hydroxylation is 2. The van der Waals surface area contributed by atoms with Crippen molar-refractivity contribution in [2.45, 2.75) is 13.5 Å². The monoisotopic (exact) mass is 285 g/mol. The molecule has 3 aromatic rings. The van der Waals surface area contributed by atoms with E-state index in [9.17, 15) is 0 Å². The van der Waals surface area contributed by atoms with E-state index in [0.29, 0.717) is 6.61 Å². The summed E-state index contributed by atoms with van der Waals surface area (Å²) < 4.78 is 7.95. The van der Waals surface area contributed by atoms with E-state index in [1.165, 1.54) is 5.56 Å². The normalized spacial score (nSPS) is 10.9. The highest BCUT2D eigenvalue weighted by molar-refractivity contribution is 6.35. The van der Waals surface area contributed by atoms with E-state index in [1.54, 1.807) is 0 Å². The predicted molar refractivity (Wildman–Crippen MR) is 83.4 cm³/mol. The fourth-order valence-corrected chi connectivity index (χ4v) is 2.73. The third-order valence-electron chi connectivity index (χ3n) is 3.48. The fraction of sp³-hybridized carbons (Fsp3) is 0.176. The molecule has 0 radical (unpaired) electrons. The van der Waals surface area contributed by atoms with E-state index in [1.807, 2.05) is 37.4 Å². The van der Waals surface area contributed by atoms with Gasteiger partial charge in [0.25, 0.3) is 0 Å². The number of aromatic nitrogens is 1. The Labute approximate surface area is 123 Å². The predicted octanol–water partition coefficient (Wildman–Crippen LogP) is 4.72. The molecule has 0 spiro atoms. The van der Waals surface area contributed by atoms with Crippen molar-refractivity contribution in [2.24, 2.45) is 7.05 Å². The van der Waals surface area contributed by atoms with Gasteiger partial charge in [0.15, 0.2) is 0 Å². The molecule has 0 saturated carbocycles. The van der Waals surface area contributed by atoms with Gasteiger partial charge in [0.05, 0.1) is 16.2 Å². The summed E-state index contributed by atoms with van der Waals surface area (Å²) in [6.07, 6.45) is 0. The molecule has 0 aliphatic heterocycles. The number of nitrogens with zero attached hydrogens (tertiary/aromatic N) is 1. The second-order valence-electron chi connectivity index (χ2n) is 4.98. The van der Waals surface area contributed by atoms with E-state index in [4.69, 9.17) is 16.3 Å². The molecule has 3 heteroatoms. The first kappa shape index (κ1) is 13.1. The molecule has 0 atom stereocenters. The summed E-state index contributed by atoms with van der Waals surface area (Å²) in [5.41, 5.74) is 3.36. The van der Waals surface area contributed by atoms with Crippen LogP contribution in [0.3, 0.4) is 0 Å². The van der Waals surface area contributed by atoms with Crippen LogP contribution in [0.15, 0.2) is 48.5 Å². The number of hydrogen-bond acceptors (Lipinski definition) is 1. The molecule has 2 nitrogen and oxygen atoms in total. The van der Waals surface area contributed by atoms with Gasteiger partial charge in [-0.1, -0.05) is 35.9 Å². The van der Waals surface area contributed by atoms with Gasteiger partial charge in [-0.2, -0.15) is 0 Å². The van der Waals surface area contributed by atoms with Crippen LogP contribution in [0.2, 0.25) is 5.02 Å². The van der Waals surface area contributed by atoms with Crippen LogP contribution in [0.25, 0.3) is 10.9 Å². The van der Waals surface area contributed by atoms with Gasteiger partial charge in [-0.05, 0) is 36.8 Å². The molecule has 1 aromatic heterocycles. The Kier molecular flexibility index (Phi) is 3.41. The smallest absolute Gasteiger partial charge is 0.128 e. The summed E-state index contributed by atoms with van der Waals surface area (Å²) in [6, 6.07) is 16.1. The van der Waals surface area contributed by atoms with Crippen molar-refractivity contribution in [2.75, 3.05) is 0 Å². The topological polar surface area (TPSA) is 14.2 Å². The Hall–Kier alpha value is -1.93. The molecular weight excluding hydrogens is 270 g/mol. The van der Waals surface area contributed by atoms with Crippen molar-refractivity contribution in [1.82, 2.24) is 4.57 Å². The molecule has 1 heterocycles. The standard InChI is InChI=1S/C17H16ClNO/c1-12-5-3-7-15(9-12)20-11-14-10-13-6-4-8-16(18)17(13)19(14)2/h3-10H,11H2,1-2H3. The lowest BCUT2D eigenvalue weighted by Gasteiger charge is -2.08. The maximum Gasteiger partial charge on any atom is 0.128 e. The summed E-state index contributed by atoms with van der Waals surface area (Å²) in [6.45, 7) is 2.59. The van der Waals surface area contributed by atoms with Gasteiger partial charge < -0.3 is 9.30 Å². The summed E-state index contributed by atoms with van der Waals surface area (Å²) in [4.78, 5) is 0. The van der Waals surface area contributed by atoms with Gasteiger partial charge >= 0.3 is 0 Å². The summed E-state index contributed by atoms with van der Waals surface area (Å²) in [5, 5.41) is 1.91. The zero-order valence-electron chi connectivity index (χ0n) is 11.6. The van der Waals surface area contributed by atoms with Gasteiger partial charge in [-0.15, -0.1) is 0 Å². The van der Waals surface area contributed by atoms with E-state index in [-0.39, 0.29) is 0 Å². The van der Waals surface area contributed by atoms with Crippen molar-refractivity contribution < 1.29 is 4.74 Å². The van der Waals surface area contributed by atoms with Crippen LogP contribution in [-0.4, -0.2) is 4.57 Å². The van der Waals surface area contributed by atoms with Gasteiger partial charge in [0.2, 0.25) is 0 Å². The molecule has 2 aromatic carbocycles. The minimum atomic E-state index is 0.533. The first-order valence-corrected chi connectivity index (χ1v) is 6.95. The Morgan fingerprint density at radius 1 is 1.10 bits per heavy atom. The van der Waals surface area contributed by atoms with Crippen LogP contribution in [0.4, 0.5) is 0 Å². The van der Waals surface area contributed by atoms with Gasteiger partial charge in [-0.3, -0.25) is 0 Å². The molecule has 0 amide bonds. The lowest BCUT2D eigenvalue weighted by atomic mass is 10.2. The quantitative estimate of drug-likeness (QED) is 0.679. The summed E-state index contributed by atoms with van der Waals surface area (Å²) in [7, 11) is 2.02. The highest BCUT2D eigenvalue weighted by Gasteiger charge is 2.09. The van der Waals surface area contributed by atoms with Gasteiger partial charge in [0, 0.05) is 12.4 Å². The number of fused-ring (bicyclic) bond motifs is 1. The number of ether oxygens (including phenoxy) is 1. The maximum atomic E-state index is 6.25. The minimum Gasteiger partial charge on any atom is -0.487 e. The Morgan fingerprint density at radius 2 is 1.90 bits per heavy atom. The molecule has 0 unspecified atom stereocenters. The van der Waals surface area contributed by atoms with Crippen molar-refractivity contribution in [3.8, 4) is 5.75 Å². The molecule has 0 saturated heterocycles. The Balaban J connectivity index is 1.88. The summed E-state index contributed by atoms with van der Waals surface area (Å²) in [5.74, 6) is 0.890. The number of hydrogen-bond donors (Lipinski definition) is 0. The largest absolute Gasteiger partial charge is 0.487 e. The van der Waals surface area contributed by atoms with Crippen molar-refractivity contribution in [3.05, 3.63) is 64.8 Å². The Bertz CT molecular complexity index is 761. The molecule has 0 bridgehead atoms. The first-order chi connectivity index (χ1) is 9.65. The average molecular weight is 286 g/mol. The molecule has 0 aliphatic rings. The molecular formula is C17H16ClNO. The third kappa shape index (κ3) is 2.39. The van der Waals surface area contributed by atoms with Crippen LogP contribution >= 0.6 is 11.6 Å².